The minimum absolute atomic E-state index is 0.500. The molecule has 0 unspecified atom stereocenters. The van der Waals surface area contributed by atoms with Crippen molar-refractivity contribution < 1.29 is 0 Å². The van der Waals surface area contributed by atoms with Gasteiger partial charge in [0.25, 0.3) is 0 Å². The molecule has 1 heterocycles. The molecule has 2 rings (SSSR count). The lowest BCUT2D eigenvalue weighted by Crippen LogP contribution is -2.62. The highest BCUT2D eigenvalue weighted by Gasteiger charge is 2.38. The van der Waals surface area contributed by atoms with Crippen molar-refractivity contribution in [1.29, 1.82) is 0 Å². The van der Waals surface area contributed by atoms with E-state index in [9.17, 15) is 0 Å². The summed E-state index contributed by atoms with van der Waals surface area (Å²) < 4.78 is 0. The van der Waals surface area contributed by atoms with Crippen molar-refractivity contribution in [2.45, 2.75) is 44.1 Å². The summed E-state index contributed by atoms with van der Waals surface area (Å²) in [5.41, 5.74) is 0.500. The Morgan fingerprint density at radius 2 is 2.07 bits per heavy atom. The largest absolute Gasteiger partial charge is 0.314 e. The molecule has 1 saturated heterocycles. The Labute approximate surface area is 93.7 Å². The van der Waals surface area contributed by atoms with Gasteiger partial charge in [-0.3, -0.25) is 4.90 Å². The summed E-state index contributed by atoms with van der Waals surface area (Å²) in [7, 11) is 0. The van der Waals surface area contributed by atoms with Crippen LogP contribution in [0.2, 0.25) is 0 Å². The monoisotopic (exact) mass is 208 g/mol. The highest BCUT2D eigenvalue weighted by molar-refractivity contribution is 4.98. The van der Waals surface area contributed by atoms with Gasteiger partial charge in [0.05, 0.1) is 0 Å². The molecule has 0 aromatic heterocycles. The first-order valence-corrected chi connectivity index (χ1v) is 6.44. The van der Waals surface area contributed by atoms with Crippen molar-refractivity contribution >= 4 is 0 Å². The van der Waals surface area contributed by atoms with Gasteiger partial charge in [-0.1, -0.05) is 25.3 Å². The van der Waals surface area contributed by atoms with E-state index in [1.54, 1.807) is 0 Å². The van der Waals surface area contributed by atoms with Crippen LogP contribution in [0.15, 0.2) is 12.7 Å². The highest BCUT2D eigenvalue weighted by Crippen LogP contribution is 2.34. The molecule has 15 heavy (non-hydrogen) atoms. The number of hydrogen-bond donors (Lipinski definition) is 1. The smallest absolute Gasteiger partial charge is 0.0334 e. The second-order valence-corrected chi connectivity index (χ2v) is 5.03. The fourth-order valence-corrected chi connectivity index (χ4v) is 3.18. The fourth-order valence-electron chi connectivity index (χ4n) is 3.18. The van der Waals surface area contributed by atoms with Gasteiger partial charge < -0.3 is 5.32 Å². The van der Waals surface area contributed by atoms with E-state index in [2.05, 4.69) is 22.9 Å². The molecule has 2 fully saturated rings. The van der Waals surface area contributed by atoms with Crippen molar-refractivity contribution in [3.63, 3.8) is 0 Å². The Balaban J connectivity index is 1.99. The Kier molecular flexibility index (Phi) is 3.81. The number of nitrogens with one attached hydrogen (secondary N) is 1. The number of piperazine rings is 1. The van der Waals surface area contributed by atoms with E-state index in [4.69, 9.17) is 0 Å². The zero-order valence-electron chi connectivity index (χ0n) is 9.80. The molecular formula is C13H24N2. The van der Waals surface area contributed by atoms with E-state index in [0.717, 1.165) is 6.42 Å². The highest BCUT2D eigenvalue weighted by atomic mass is 15.3. The molecule has 2 heteroatoms. The van der Waals surface area contributed by atoms with Crippen LogP contribution in [0.3, 0.4) is 0 Å². The maximum Gasteiger partial charge on any atom is 0.0334 e. The zero-order chi connectivity index (χ0) is 10.6. The quantitative estimate of drug-likeness (QED) is 0.715. The van der Waals surface area contributed by atoms with Crippen LogP contribution in [0.25, 0.3) is 0 Å². The van der Waals surface area contributed by atoms with Crippen LogP contribution in [-0.4, -0.2) is 36.6 Å². The van der Waals surface area contributed by atoms with Crippen molar-refractivity contribution in [2.24, 2.45) is 0 Å². The summed E-state index contributed by atoms with van der Waals surface area (Å²) >= 11 is 0. The van der Waals surface area contributed by atoms with Crippen LogP contribution < -0.4 is 5.32 Å². The molecule has 0 radical (unpaired) electrons. The summed E-state index contributed by atoms with van der Waals surface area (Å²) in [5, 5.41) is 3.58. The van der Waals surface area contributed by atoms with Gasteiger partial charge >= 0.3 is 0 Å². The van der Waals surface area contributed by atoms with Crippen LogP contribution in [0, 0.1) is 0 Å². The second kappa shape index (κ2) is 5.13. The minimum Gasteiger partial charge on any atom is -0.314 e. The summed E-state index contributed by atoms with van der Waals surface area (Å²) in [4.78, 5) is 2.73. The van der Waals surface area contributed by atoms with Gasteiger partial charge in [0.1, 0.15) is 0 Å². The molecule has 2 nitrogen and oxygen atoms in total. The molecule has 0 aromatic carbocycles. The van der Waals surface area contributed by atoms with Crippen LogP contribution in [-0.2, 0) is 0 Å². The third-order valence-electron chi connectivity index (χ3n) is 4.07. The Hall–Kier alpha value is -0.340. The lowest BCUT2D eigenvalue weighted by molar-refractivity contribution is 0.0292. The topological polar surface area (TPSA) is 15.3 Å². The van der Waals surface area contributed by atoms with E-state index in [1.807, 2.05) is 0 Å². The van der Waals surface area contributed by atoms with Crippen molar-refractivity contribution in [1.82, 2.24) is 10.2 Å². The molecule has 0 aromatic rings. The zero-order valence-corrected chi connectivity index (χ0v) is 9.80. The Morgan fingerprint density at radius 1 is 1.27 bits per heavy atom. The molecule has 0 atom stereocenters. The molecule has 1 saturated carbocycles. The van der Waals surface area contributed by atoms with E-state index in [1.165, 1.54) is 58.3 Å². The molecule has 0 bridgehead atoms. The van der Waals surface area contributed by atoms with E-state index in [-0.39, 0.29) is 0 Å². The van der Waals surface area contributed by atoms with E-state index >= 15 is 0 Å². The lowest BCUT2D eigenvalue weighted by Gasteiger charge is -2.50. The molecule has 0 amide bonds. The van der Waals surface area contributed by atoms with Gasteiger partial charge in [-0.25, -0.2) is 0 Å². The maximum absolute atomic E-state index is 3.84. The van der Waals surface area contributed by atoms with Gasteiger partial charge in [-0.15, -0.1) is 6.58 Å². The Morgan fingerprint density at radius 3 is 2.80 bits per heavy atom. The van der Waals surface area contributed by atoms with E-state index in [0.29, 0.717) is 5.54 Å². The van der Waals surface area contributed by atoms with Crippen molar-refractivity contribution in [2.75, 3.05) is 26.2 Å². The first-order chi connectivity index (χ1) is 7.37. The third-order valence-corrected chi connectivity index (χ3v) is 4.07. The first kappa shape index (κ1) is 11.2. The molecule has 1 N–H and O–H groups in total. The van der Waals surface area contributed by atoms with E-state index < -0.39 is 0 Å². The Bertz CT molecular complexity index is 198. The van der Waals surface area contributed by atoms with Crippen LogP contribution in [0.4, 0.5) is 0 Å². The summed E-state index contributed by atoms with van der Waals surface area (Å²) in [6.07, 6.45) is 10.3. The summed E-state index contributed by atoms with van der Waals surface area (Å²) in [6.45, 7) is 8.66. The van der Waals surface area contributed by atoms with Gasteiger partial charge in [0.2, 0.25) is 0 Å². The normalized spacial score (nSPS) is 26.7. The summed E-state index contributed by atoms with van der Waals surface area (Å²) in [6, 6.07) is 0. The second-order valence-electron chi connectivity index (χ2n) is 5.03. The van der Waals surface area contributed by atoms with Crippen molar-refractivity contribution in [3.8, 4) is 0 Å². The molecule has 1 aliphatic heterocycles. The standard InChI is InChI=1S/C13H24N2/c1-2-3-10-15-11-9-14-12-13(15)7-5-4-6-8-13/h2,14H,1,3-12H2. The molecule has 1 spiro atoms. The van der Waals surface area contributed by atoms with Gasteiger partial charge in [0.15, 0.2) is 0 Å². The molecule has 86 valence electrons. The average molecular weight is 208 g/mol. The van der Waals surface area contributed by atoms with Gasteiger partial charge in [-0.05, 0) is 19.3 Å². The molecule has 1 aliphatic carbocycles. The van der Waals surface area contributed by atoms with Gasteiger partial charge in [0, 0.05) is 31.7 Å². The van der Waals surface area contributed by atoms with Gasteiger partial charge in [-0.2, -0.15) is 0 Å². The maximum atomic E-state index is 3.84. The molecular weight excluding hydrogens is 184 g/mol. The average Bonchev–Trinajstić information content (AvgIpc) is 2.29. The van der Waals surface area contributed by atoms with Crippen LogP contribution in [0.5, 0.6) is 0 Å². The fraction of sp³-hybridized carbons (Fsp3) is 0.846. The van der Waals surface area contributed by atoms with Crippen LogP contribution in [0.1, 0.15) is 38.5 Å². The first-order valence-electron chi connectivity index (χ1n) is 6.44. The predicted molar refractivity (Wildman–Crippen MR) is 65.1 cm³/mol. The predicted octanol–water partition coefficient (Wildman–Crippen LogP) is 2.17. The minimum atomic E-state index is 0.500. The summed E-state index contributed by atoms with van der Waals surface area (Å²) in [5.74, 6) is 0. The lowest BCUT2D eigenvalue weighted by atomic mass is 9.79. The SMILES string of the molecule is C=CCCN1CCNCC12CCCCC2. The molecule has 2 aliphatic rings. The third kappa shape index (κ3) is 2.43. The number of rotatable bonds is 3. The number of hydrogen-bond acceptors (Lipinski definition) is 2. The van der Waals surface area contributed by atoms with Crippen LogP contribution >= 0.6 is 0 Å². The van der Waals surface area contributed by atoms with Crippen molar-refractivity contribution in [3.05, 3.63) is 12.7 Å². The number of nitrogens with zero attached hydrogens (tertiary/aromatic N) is 1.